The van der Waals surface area contributed by atoms with Crippen LogP contribution in [0.15, 0.2) is 41.1 Å². The molecule has 5 nitrogen and oxygen atoms in total. The van der Waals surface area contributed by atoms with Gasteiger partial charge in [0, 0.05) is 38.3 Å². The number of aromatic nitrogens is 2. The predicted octanol–water partition coefficient (Wildman–Crippen LogP) is 3.16. The number of piperidine rings is 1. The van der Waals surface area contributed by atoms with Crippen molar-refractivity contribution in [2.45, 2.75) is 32.3 Å². The van der Waals surface area contributed by atoms with E-state index in [-0.39, 0.29) is 12.0 Å². The normalized spacial score (nSPS) is 15.3. The van der Waals surface area contributed by atoms with E-state index in [1.807, 2.05) is 36.1 Å². The molecule has 24 heavy (non-hydrogen) atoms. The quantitative estimate of drug-likeness (QED) is 0.805. The molecule has 0 unspecified atom stereocenters. The molecule has 0 radical (unpaired) electrons. The number of hydrogen-bond acceptors (Lipinski definition) is 4. The van der Waals surface area contributed by atoms with Crippen molar-refractivity contribution in [1.29, 1.82) is 0 Å². The molecule has 0 atom stereocenters. The highest BCUT2D eigenvalue weighted by Crippen LogP contribution is 2.18. The first-order valence-electron chi connectivity index (χ1n) is 8.07. The summed E-state index contributed by atoms with van der Waals surface area (Å²) >= 11 is 3.30. The maximum absolute atomic E-state index is 12.4. The van der Waals surface area contributed by atoms with Gasteiger partial charge in [-0.25, -0.2) is 9.97 Å². The lowest BCUT2D eigenvalue weighted by Gasteiger charge is -2.31. The van der Waals surface area contributed by atoms with Gasteiger partial charge in [-0.3, -0.25) is 4.79 Å². The SMILES string of the molecule is Cc1ccc(CC(=O)N2CCC(Oc3ncc(Br)cn3)CC2)cc1. The van der Waals surface area contributed by atoms with Crippen LogP contribution >= 0.6 is 15.9 Å². The number of benzene rings is 1. The lowest BCUT2D eigenvalue weighted by atomic mass is 10.1. The molecule has 1 aromatic carbocycles. The summed E-state index contributed by atoms with van der Waals surface area (Å²) in [6.45, 7) is 3.48. The third kappa shape index (κ3) is 4.54. The zero-order valence-electron chi connectivity index (χ0n) is 13.6. The molecule has 0 N–H and O–H groups in total. The van der Waals surface area contributed by atoms with Crippen molar-refractivity contribution < 1.29 is 9.53 Å². The first kappa shape index (κ1) is 16.9. The highest BCUT2D eigenvalue weighted by Gasteiger charge is 2.24. The summed E-state index contributed by atoms with van der Waals surface area (Å²) in [5, 5.41) is 0. The molecule has 0 bridgehead atoms. The Morgan fingerprint density at radius 1 is 1.21 bits per heavy atom. The van der Waals surface area contributed by atoms with E-state index in [2.05, 4.69) is 25.9 Å². The van der Waals surface area contributed by atoms with Gasteiger partial charge in [0.25, 0.3) is 0 Å². The molecule has 1 amide bonds. The number of carbonyl (C=O) groups excluding carboxylic acids is 1. The largest absolute Gasteiger partial charge is 0.460 e. The van der Waals surface area contributed by atoms with E-state index in [9.17, 15) is 4.79 Å². The number of likely N-dealkylation sites (tertiary alicyclic amines) is 1. The molecule has 1 saturated heterocycles. The van der Waals surface area contributed by atoms with Crippen LogP contribution < -0.4 is 4.74 Å². The number of amides is 1. The zero-order chi connectivity index (χ0) is 16.9. The second-order valence-electron chi connectivity index (χ2n) is 6.04. The monoisotopic (exact) mass is 389 g/mol. The molecule has 1 aliphatic heterocycles. The first-order chi connectivity index (χ1) is 11.6. The fourth-order valence-corrected chi connectivity index (χ4v) is 2.93. The summed E-state index contributed by atoms with van der Waals surface area (Å²) < 4.78 is 6.61. The van der Waals surface area contributed by atoms with Gasteiger partial charge in [0.1, 0.15) is 6.10 Å². The van der Waals surface area contributed by atoms with Gasteiger partial charge in [0.15, 0.2) is 0 Å². The van der Waals surface area contributed by atoms with E-state index < -0.39 is 0 Å². The molecule has 0 aliphatic carbocycles. The van der Waals surface area contributed by atoms with E-state index in [0.29, 0.717) is 25.5 Å². The standard InChI is InChI=1S/C18H20BrN3O2/c1-13-2-4-14(5-3-13)10-17(23)22-8-6-16(7-9-22)24-18-20-11-15(19)12-21-18/h2-5,11-12,16H,6-10H2,1H3. The third-order valence-corrected chi connectivity index (χ3v) is 4.55. The molecule has 1 fully saturated rings. The van der Waals surface area contributed by atoms with Gasteiger partial charge in [0.05, 0.1) is 10.9 Å². The average Bonchev–Trinajstić information content (AvgIpc) is 2.59. The van der Waals surface area contributed by atoms with Gasteiger partial charge in [-0.2, -0.15) is 0 Å². The second-order valence-corrected chi connectivity index (χ2v) is 6.96. The van der Waals surface area contributed by atoms with Crippen LogP contribution in [0.25, 0.3) is 0 Å². The van der Waals surface area contributed by atoms with Gasteiger partial charge in [-0.05, 0) is 28.4 Å². The molecular formula is C18H20BrN3O2. The van der Waals surface area contributed by atoms with E-state index in [1.54, 1.807) is 12.4 Å². The van der Waals surface area contributed by atoms with Crippen LogP contribution in [0, 0.1) is 6.92 Å². The van der Waals surface area contributed by atoms with Crippen molar-refractivity contribution in [2.24, 2.45) is 0 Å². The van der Waals surface area contributed by atoms with E-state index in [0.717, 1.165) is 22.9 Å². The smallest absolute Gasteiger partial charge is 0.316 e. The molecular weight excluding hydrogens is 370 g/mol. The summed E-state index contributed by atoms with van der Waals surface area (Å²) in [6.07, 6.45) is 5.47. The van der Waals surface area contributed by atoms with Gasteiger partial charge in [-0.1, -0.05) is 29.8 Å². The Morgan fingerprint density at radius 2 is 1.83 bits per heavy atom. The van der Waals surface area contributed by atoms with Crippen molar-refractivity contribution >= 4 is 21.8 Å². The Bertz CT molecular complexity index is 680. The summed E-state index contributed by atoms with van der Waals surface area (Å²) in [5.74, 6) is 0.178. The fourth-order valence-electron chi connectivity index (χ4n) is 2.73. The lowest BCUT2D eigenvalue weighted by molar-refractivity contribution is -0.132. The Hall–Kier alpha value is -1.95. The van der Waals surface area contributed by atoms with Crippen LogP contribution in [0.5, 0.6) is 6.01 Å². The number of aryl methyl sites for hydroxylation is 1. The number of hydrogen-bond donors (Lipinski definition) is 0. The summed E-state index contributed by atoms with van der Waals surface area (Å²) in [5.41, 5.74) is 2.27. The van der Waals surface area contributed by atoms with Crippen molar-refractivity contribution in [3.8, 4) is 6.01 Å². The van der Waals surface area contributed by atoms with E-state index in [4.69, 9.17) is 4.74 Å². The average molecular weight is 390 g/mol. The van der Waals surface area contributed by atoms with Crippen LogP contribution in [-0.4, -0.2) is 40.0 Å². The van der Waals surface area contributed by atoms with Crippen molar-refractivity contribution in [1.82, 2.24) is 14.9 Å². The Labute approximate surface area is 150 Å². The summed E-state index contributed by atoms with van der Waals surface area (Å²) in [6, 6.07) is 8.52. The maximum Gasteiger partial charge on any atom is 0.316 e. The minimum atomic E-state index is 0.0644. The van der Waals surface area contributed by atoms with E-state index in [1.165, 1.54) is 5.56 Å². The first-order valence-corrected chi connectivity index (χ1v) is 8.87. The molecule has 3 rings (SSSR count). The lowest BCUT2D eigenvalue weighted by Crippen LogP contribution is -2.42. The third-order valence-electron chi connectivity index (χ3n) is 4.14. The fraction of sp³-hybridized carbons (Fsp3) is 0.389. The Morgan fingerprint density at radius 3 is 2.46 bits per heavy atom. The molecule has 6 heteroatoms. The van der Waals surface area contributed by atoms with Crippen LogP contribution in [0.3, 0.4) is 0 Å². The molecule has 1 aromatic heterocycles. The van der Waals surface area contributed by atoms with Gasteiger partial charge < -0.3 is 9.64 Å². The van der Waals surface area contributed by atoms with E-state index >= 15 is 0 Å². The number of nitrogens with zero attached hydrogens (tertiary/aromatic N) is 3. The predicted molar refractivity (Wildman–Crippen MR) is 94.8 cm³/mol. The number of carbonyl (C=O) groups is 1. The number of rotatable bonds is 4. The van der Waals surface area contributed by atoms with Crippen molar-refractivity contribution in [3.63, 3.8) is 0 Å². The Balaban J connectivity index is 1.48. The molecule has 0 spiro atoms. The van der Waals surface area contributed by atoms with Crippen molar-refractivity contribution in [2.75, 3.05) is 13.1 Å². The topological polar surface area (TPSA) is 55.3 Å². The highest BCUT2D eigenvalue weighted by molar-refractivity contribution is 9.10. The summed E-state index contributed by atoms with van der Waals surface area (Å²) in [4.78, 5) is 22.6. The number of ether oxygens (including phenoxy) is 1. The minimum Gasteiger partial charge on any atom is -0.460 e. The van der Waals surface area contributed by atoms with Crippen LogP contribution in [-0.2, 0) is 11.2 Å². The van der Waals surface area contributed by atoms with Crippen LogP contribution in [0.1, 0.15) is 24.0 Å². The molecule has 1 aliphatic rings. The molecule has 0 saturated carbocycles. The Kier molecular flexibility index (Phi) is 5.45. The zero-order valence-corrected chi connectivity index (χ0v) is 15.2. The number of halogens is 1. The minimum absolute atomic E-state index is 0.0644. The van der Waals surface area contributed by atoms with Gasteiger partial charge >= 0.3 is 6.01 Å². The van der Waals surface area contributed by atoms with Gasteiger partial charge in [-0.15, -0.1) is 0 Å². The molecule has 2 heterocycles. The van der Waals surface area contributed by atoms with Crippen LogP contribution in [0.2, 0.25) is 0 Å². The second kappa shape index (κ2) is 7.75. The van der Waals surface area contributed by atoms with Gasteiger partial charge in [0.2, 0.25) is 5.91 Å². The summed E-state index contributed by atoms with van der Waals surface area (Å²) in [7, 11) is 0. The molecule has 2 aromatic rings. The maximum atomic E-state index is 12.4. The van der Waals surface area contributed by atoms with Crippen molar-refractivity contribution in [3.05, 3.63) is 52.3 Å². The molecule has 126 valence electrons. The highest BCUT2D eigenvalue weighted by atomic mass is 79.9. The van der Waals surface area contributed by atoms with Crippen LogP contribution in [0.4, 0.5) is 0 Å².